The Balaban J connectivity index is 1.98. The molecule has 23 heavy (non-hydrogen) atoms. The van der Waals surface area contributed by atoms with Crippen LogP contribution in [-0.2, 0) is 0 Å². The molecular formula is C18H21N3O2. The fourth-order valence-corrected chi connectivity index (χ4v) is 1.99. The Hall–Kier alpha value is -2.95. The van der Waals surface area contributed by atoms with E-state index in [4.69, 9.17) is 15.2 Å². The molecule has 0 aliphatic heterocycles. The summed E-state index contributed by atoms with van der Waals surface area (Å²) in [5.74, 6) is 1.70. The molecule has 2 aromatic rings. The molecular weight excluding hydrogens is 290 g/mol. The summed E-state index contributed by atoms with van der Waals surface area (Å²) >= 11 is 0. The number of hydrogen-bond acceptors (Lipinski definition) is 3. The lowest BCUT2D eigenvalue weighted by atomic mass is 10.2. The third-order valence-electron chi connectivity index (χ3n) is 3.15. The van der Waals surface area contributed by atoms with Crippen molar-refractivity contribution >= 4 is 17.7 Å². The molecule has 3 N–H and O–H groups in total. The van der Waals surface area contributed by atoms with Gasteiger partial charge in [0.1, 0.15) is 11.5 Å². The van der Waals surface area contributed by atoms with Crippen LogP contribution in [0.15, 0.2) is 59.6 Å². The van der Waals surface area contributed by atoms with Crippen LogP contribution >= 0.6 is 0 Å². The number of aliphatic imine (C=N–C) groups is 1. The number of anilines is 1. The Morgan fingerprint density at radius 2 is 1.91 bits per heavy atom. The van der Waals surface area contributed by atoms with Gasteiger partial charge < -0.3 is 20.5 Å². The number of nitrogens with zero attached hydrogens (tertiary/aromatic N) is 1. The maximum absolute atomic E-state index is 5.91. The van der Waals surface area contributed by atoms with Crippen molar-refractivity contribution in [1.29, 1.82) is 0 Å². The molecule has 120 valence electrons. The van der Waals surface area contributed by atoms with Gasteiger partial charge in [-0.1, -0.05) is 42.5 Å². The first-order valence-electron chi connectivity index (χ1n) is 7.23. The summed E-state index contributed by atoms with van der Waals surface area (Å²) in [7, 11) is 3.21. The molecule has 0 aliphatic carbocycles. The molecule has 0 spiro atoms. The molecule has 0 atom stereocenters. The van der Waals surface area contributed by atoms with Gasteiger partial charge in [-0.3, -0.25) is 0 Å². The van der Waals surface area contributed by atoms with E-state index in [1.54, 1.807) is 20.3 Å². The number of rotatable bonds is 6. The lowest BCUT2D eigenvalue weighted by Crippen LogP contribution is -2.23. The highest BCUT2D eigenvalue weighted by atomic mass is 16.5. The number of benzene rings is 2. The van der Waals surface area contributed by atoms with E-state index in [0.717, 1.165) is 5.56 Å². The highest BCUT2D eigenvalue weighted by Crippen LogP contribution is 2.28. The molecule has 0 aromatic heterocycles. The zero-order valence-corrected chi connectivity index (χ0v) is 13.3. The molecule has 0 fully saturated rings. The van der Waals surface area contributed by atoms with Gasteiger partial charge in [0.2, 0.25) is 0 Å². The van der Waals surface area contributed by atoms with Crippen LogP contribution in [-0.4, -0.2) is 26.7 Å². The molecule has 0 bridgehead atoms. The second-order valence-electron chi connectivity index (χ2n) is 4.73. The van der Waals surface area contributed by atoms with E-state index < -0.39 is 0 Å². The molecule has 2 aromatic carbocycles. The Kier molecular flexibility index (Phi) is 6.06. The van der Waals surface area contributed by atoms with Gasteiger partial charge in [-0.25, -0.2) is 4.99 Å². The number of hydrogen-bond donors (Lipinski definition) is 2. The predicted octanol–water partition coefficient (Wildman–Crippen LogP) is 3.14. The van der Waals surface area contributed by atoms with Crippen molar-refractivity contribution in [2.24, 2.45) is 10.7 Å². The summed E-state index contributed by atoms with van der Waals surface area (Å²) in [6, 6.07) is 15.5. The van der Waals surface area contributed by atoms with Crippen LogP contribution in [0.4, 0.5) is 5.69 Å². The summed E-state index contributed by atoms with van der Waals surface area (Å²) in [5, 5.41) is 3.02. The van der Waals surface area contributed by atoms with Crippen LogP contribution in [0.2, 0.25) is 0 Å². The first-order chi connectivity index (χ1) is 11.2. The van der Waals surface area contributed by atoms with Crippen LogP contribution in [0.3, 0.4) is 0 Å². The van der Waals surface area contributed by atoms with Crippen molar-refractivity contribution in [2.75, 3.05) is 26.1 Å². The van der Waals surface area contributed by atoms with Crippen LogP contribution in [0.1, 0.15) is 5.56 Å². The van der Waals surface area contributed by atoms with E-state index in [-0.39, 0.29) is 0 Å². The van der Waals surface area contributed by atoms with E-state index in [0.29, 0.717) is 29.7 Å². The molecule has 2 rings (SSSR count). The Bertz CT molecular complexity index is 682. The molecule has 5 nitrogen and oxygen atoms in total. The Morgan fingerprint density at radius 1 is 1.13 bits per heavy atom. The maximum atomic E-state index is 5.91. The summed E-state index contributed by atoms with van der Waals surface area (Å²) in [6.07, 6.45) is 3.95. The van der Waals surface area contributed by atoms with E-state index in [1.165, 1.54) is 0 Å². The first kappa shape index (κ1) is 16.4. The number of guanidine groups is 1. The SMILES string of the molecule is COc1ccc(OC)c(NC(N)=NCC=Cc2ccccc2)c1. The summed E-state index contributed by atoms with van der Waals surface area (Å²) in [5.41, 5.74) is 7.75. The van der Waals surface area contributed by atoms with Gasteiger partial charge in [-0.2, -0.15) is 0 Å². The normalized spacial score (nSPS) is 11.5. The quantitative estimate of drug-likeness (QED) is 0.635. The van der Waals surface area contributed by atoms with Gasteiger partial charge in [-0.15, -0.1) is 0 Å². The zero-order valence-electron chi connectivity index (χ0n) is 13.3. The van der Waals surface area contributed by atoms with Crippen molar-refractivity contribution in [3.05, 3.63) is 60.2 Å². The van der Waals surface area contributed by atoms with Gasteiger partial charge in [0.25, 0.3) is 0 Å². The van der Waals surface area contributed by atoms with E-state index >= 15 is 0 Å². The van der Waals surface area contributed by atoms with E-state index in [1.807, 2.05) is 54.6 Å². The van der Waals surface area contributed by atoms with Gasteiger partial charge in [-0.05, 0) is 17.7 Å². The number of nitrogens with one attached hydrogen (secondary N) is 1. The monoisotopic (exact) mass is 311 g/mol. The van der Waals surface area contributed by atoms with Crippen molar-refractivity contribution in [1.82, 2.24) is 0 Å². The minimum absolute atomic E-state index is 0.314. The average molecular weight is 311 g/mol. The van der Waals surface area contributed by atoms with E-state index in [9.17, 15) is 0 Å². The molecule has 0 saturated carbocycles. The third-order valence-corrected chi connectivity index (χ3v) is 3.15. The van der Waals surface area contributed by atoms with Crippen LogP contribution in [0.5, 0.6) is 11.5 Å². The lowest BCUT2D eigenvalue weighted by Gasteiger charge is -2.11. The van der Waals surface area contributed by atoms with Crippen LogP contribution in [0.25, 0.3) is 6.08 Å². The van der Waals surface area contributed by atoms with Gasteiger partial charge in [0.15, 0.2) is 5.96 Å². The van der Waals surface area contributed by atoms with Gasteiger partial charge >= 0.3 is 0 Å². The first-order valence-corrected chi connectivity index (χ1v) is 7.23. The minimum atomic E-state index is 0.314. The molecule has 0 amide bonds. The highest BCUT2D eigenvalue weighted by molar-refractivity contribution is 5.94. The van der Waals surface area contributed by atoms with Crippen molar-refractivity contribution in [3.63, 3.8) is 0 Å². The summed E-state index contributed by atoms with van der Waals surface area (Å²) in [6.45, 7) is 0.486. The van der Waals surface area contributed by atoms with Gasteiger partial charge in [0.05, 0.1) is 26.5 Å². The standard InChI is InChI=1S/C18H21N3O2/c1-22-15-10-11-17(23-2)16(13-15)21-18(19)20-12-6-9-14-7-4-3-5-8-14/h3-11,13H,12H2,1-2H3,(H3,19,20,21). The predicted molar refractivity (Wildman–Crippen MR) is 95.1 cm³/mol. The fourth-order valence-electron chi connectivity index (χ4n) is 1.99. The molecule has 0 aliphatic rings. The molecule has 0 heterocycles. The summed E-state index contributed by atoms with van der Waals surface area (Å²) < 4.78 is 10.5. The van der Waals surface area contributed by atoms with Crippen LogP contribution in [0, 0.1) is 0 Å². The molecule has 5 heteroatoms. The lowest BCUT2D eigenvalue weighted by molar-refractivity contribution is 0.405. The number of methoxy groups -OCH3 is 2. The fraction of sp³-hybridized carbons (Fsp3) is 0.167. The summed E-state index contributed by atoms with van der Waals surface area (Å²) in [4.78, 5) is 4.27. The largest absolute Gasteiger partial charge is 0.497 e. The average Bonchev–Trinajstić information content (AvgIpc) is 2.59. The maximum Gasteiger partial charge on any atom is 0.193 e. The second kappa shape index (κ2) is 8.48. The Morgan fingerprint density at radius 3 is 2.61 bits per heavy atom. The van der Waals surface area contributed by atoms with Crippen LogP contribution < -0.4 is 20.5 Å². The second-order valence-corrected chi connectivity index (χ2v) is 4.73. The topological polar surface area (TPSA) is 68.9 Å². The third kappa shape index (κ3) is 5.07. The Labute approximate surface area is 136 Å². The minimum Gasteiger partial charge on any atom is -0.497 e. The van der Waals surface area contributed by atoms with Crippen molar-refractivity contribution < 1.29 is 9.47 Å². The van der Waals surface area contributed by atoms with E-state index in [2.05, 4.69) is 10.3 Å². The van der Waals surface area contributed by atoms with Crippen molar-refractivity contribution in [3.8, 4) is 11.5 Å². The number of nitrogens with two attached hydrogens (primary N) is 1. The zero-order chi connectivity index (χ0) is 16.5. The molecule has 0 radical (unpaired) electrons. The molecule has 0 unspecified atom stereocenters. The molecule has 0 saturated heterocycles. The highest BCUT2D eigenvalue weighted by Gasteiger charge is 2.05. The smallest absolute Gasteiger partial charge is 0.193 e. The van der Waals surface area contributed by atoms with Crippen molar-refractivity contribution in [2.45, 2.75) is 0 Å². The number of ether oxygens (including phenoxy) is 2. The van der Waals surface area contributed by atoms with Gasteiger partial charge in [0, 0.05) is 6.07 Å².